The lowest BCUT2D eigenvalue weighted by atomic mass is 10.2. The molecule has 0 saturated heterocycles. The number of unbranched alkanes of at least 4 members (excludes halogenated alkanes) is 1. The lowest BCUT2D eigenvalue weighted by molar-refractivity contribution is -0.140. The maximum absolute atomic E-state index is 11.7. The maximum atomic E-state index is 11.7. The predicted molar refractivity (Wildman–Crippen MR) is 77.6 cm³/mol. The first-order chi connectivity index (χ1) is 8.58. The molecule has 0 aliphatic rings. The molecule has 0 aliphatic carbocycles. The van der Waals surface area contributed by atoms with Crippen molar-refractivity contribution in [3.05, 3.63) is 28.2 Å². The van der Waals surface area contributed by atoms with E-state index in [0.29, 0.717) is 10.0 Å². The number of hydrogen-bond acceptors (Lipinski definition) is 3. The van der Waals surface area contributed by atoms with Gasteiger partial charge in [0.2, 0.25) is 0 Å². The van der Waals surface area contributed by atoms with Gasteiger partial charge in [0.25, 0.3) is 0 Å². The number of hydrogen-bond donors (Lipinski definition) is 0. The van der Waals surface area contributed by atoms with E-state index in [1.807, 2.05) is 6.07 Å². The molecule has 1 aromatic rings. The third-order valence-corrected chi connectivity index (χ3v) is 4.43. The van der Waals surface area contributed by atoms with Crippen LogP contribution in [-0.4, -0.2) is 18.3 Å². The Morgan fingerprint density at radius 2 is 2.11 bits per heavy atom. The molecular formula is C13H16Cl2O2S. The molecule has 1 aromatic carbocycles. The first kappa shape index (κ1) is 15.7. The summed E-state index contributed by atoms with van der Waals surface area (Å²) in [5.74, 6) is -0.195. The normalized spacial score (nSPS) is 12.2. The quantitative estimate of drug-likeness (QED) is 0.557. The van der Waals surface area contributed by atoms with Crippen molar-refractivity contribution in [2.75, 3.05) is 7.11 Å². The molecule has 0 aliphatic heterocycles. The Balaban J connectivity index is 2.75. The summed E-state index contributed by atoms with van der Waals surface area (Å²) < 4.78 is 4.82. The van der Waals surface area contributed by atoms with Crippen molar-refractivity contribution in [3.63, 3.8) is 0 Å². The fraction of sp³-hybridized carbons (Fsp3) is 0.462. The van der Waals surface area contributed by atoms with E-state index in [4.69, 9.17) is 27.9 Å². The average Bonchev–Trinajstić information content (AvgIpc) is 2.37. The zero-order valence-corrected chi connectivity index (χ0v) is 12.7. The van der Waals surface area contributed by atoms with Crippen molar-refractivity contribution >= 4 is 40.9 Å². The van der Waals surface area contributed by atoms with Gasteiger partial charge >= 0.3 is 5.97 Å². The monoisotopic (exact) mass is 306 g/mol. The summed E-state index contributed by atoms with van der Waals surface area (Å²) >= 11 is 13.3. The Hall–Kier alpha value is -0.380. The van der Waals surface area contributed by atoms with Crippen LogP contribution in [0.4, 0.5) is 0 Å². The summed E-state index contributed by atoms with van der Waals surface area (Å²) in [6.45, 7) is 2.10. The summed E-state index contributed by atoms with van der Waals surface area (Å²) in [6.07, 6.45) is 2.84. The zero-order valence-electron chi connectivity index (χ0n) is 10.4. The minimum Gasteiger partial charge on any atom is -0.468 e. The van der Waals surface area contributed by atoms with Crippen LogP contribution in [0, 0.1) is 0 Å². The van der Waals surface area contributed by atoms with Gasteiger partial charge in [0.1, 0.15) is 5.25 Å². The number of benzene rings is 1. The van der Waals surface area contributed by atoms with Crippen molar-refractivity contribution in [2.24, 2.45) is 0 Å². The molecule has 1 unspecified atom stereocenters. The number of carbonyl (C=O) groups excluding carboxylic acids is 1. The topological polar surface area (TPSA) is 26.3 Å². The summed E-state index contributed by atoms with van der Waals surface area (Å²) in [4.78, 5) is 12.6. The Morgan fingerprint density at radius 3 is 2.67 bits per heavy atom. The van der Waals surface area contributed by atoms with Gasteiger partial charge < -0.3 is 4.74 Å². The Labute approximate surface area is 122 Å². The molecule has 5 heteroatoms. The first-order valence-electron chi connectivity index (χ1n) is 5.78. The second-order valence-electron chi connectivity index (χ2n) is 3.85. The van der Waals surface area contributed by atoms with Crippen LogP contribution in [-0.2, 0) is 9.53 Å². The van der Waals surface area contributed by atoms with Gasteiger partial charge in [0.05, 0.1) is 17.2 Å². The van der Waals surface area contributed by atoms with Crippen LogP contribution in [0.2, 0.25) is 10.0 Å². The first-order valence-corrected chi connectivity index (χ1v) is 7.41. The van der Waals surface area contributed by atoms with Gasteiger partial charge in [-0.05, 0) is 24.6 Å². The van der Waals surface area contributed by atoms with Gasteiger partial charge in [0.15, 0.2) is 0 Å². The highest BCUT2D eigenvalue weighted by atomic mass is 35.5. The van der Waals surface area contributed by atoms with E-state index in [0.717, 1.165) is 24.2 Å². The second kappa shape index (κ2) is 7.93. The van der Waals surface area contributed by atoms with Crippen molar-refractivity contribution in [1.29, 1.82) is 0 Å². The Bertz CT molecular complexity index is 410. The van der Waals surface area contributed by atoms with E-state index >= 15 is 0 Å². The van der Waals surface area contributed by atoms with Crippen molar-refractivity contribution in [1.82, 2.24) is 0 Å². The zero-order chi connectivity index (χ0) is 13.5. The standard InChI is InChI=1S/C13H16Cl2O2S/c1-3-4-5-12(13(16)17-2)18-9-6-7-10(14)11(15)8-9/h6-8,12H,3-5H2,1-2H3. The molecule has 1 rings (SSSR count). The van der Waals surface area contributed by atoms with Crippen molar-refractivity contribution in [2.45, 2.75) is 36.3 Å². The van der Waals surface area contributed by atoms with Gasteiger partial charge in [-0.2, -0.15) is 0 Å². The van der Waals surface area contributed by atoms with E-state index in [2.05, 4.69) is 6.92 Å². The van der Waals surface area contributed by atoms with Gasteiger partial charge in [0, 0.05) is 4.90 Å². The van der Waals surface area contributed by atoms with E-state index in [-0.39, 0.29) is 11.2 Å². The number of thioether (sulfide) groups is 1. The van der Waals surface area contributed by atoms with Crippen LogP contribution in [0.15, 0.2) is 23.1 Å². The summed E-state index contributed by atoms with van der Waals surface area (Å²) in [6, 6.07) is 5.37. The largest absolute Gasteiger partial charge is 0.468 e. The van der Waals surface area contributed by atoms with Crippen LogP contribution in [0.5, 0.6) is 0 Å². The van der Waals surface area contributed by atoms with Crippen LogP contribution in [0.1, 0.15) is 26.2 Å². The number of methoxy groups -OCH3 is 1. The summed E-state index contributed by atoms with van der Waals surface area (Å²) in [5.41, 5.74) is 0. The van der Waals surface area contributed by atoms with E-state index in [1.165, 1.54) is 18.9 Å². The van der Waals surface area contributed by atoms with E-state index < -0.39 is 0 Å². The van der Waals surface area contributed by atoms with Crippen molar-refractivity contribution in [3.8, 4) is 0 Å². The molecule has 0 aromatic heterocycles. The second-order valence-corrected chi connectivity index (χ2v) is 5.94. The van der Waals surface area contributed by atoms with Gasteiger partial charge in [-0.1, -0.05) is 43.0 Å². The molecule has 100 valence electrons. The van der Waals surface area contributed by atoms with Crippen LogP contribution in [0.3, 0.4) is 0 Å². The third kappa shape index (κ3) is 4.71. The number of esters is 1. The smallest absolute Gasteiger partial charge is 0.319 e. The van der Waals surface area contributed by atoms with Crippen LogP contribution >= 0.6 is 35.0 Å². The molecule has 1 atom stereocenters. The fourth-order valence-corrected chi connectivity index (χ4v) is 2.96. The van der Waals surface area contributed by atoms with Crippen LogP contribution < -0.4 is 0 Å². The molecule has 18 heavy (non-hydrogen) atoms. The van der Waals surface area contributed by atoms with Gasteiger partial charge in [-0.3, -0.25) is 4.79 Å². The highest BCUT2D eigenvalue weighted by Gasteiger charge is 2.20. The number of rotatable bonds is 6. The van der Waals surface area contributed by atoms with Crippen molar-refractivity contribution < 1.29 is 9.53 Å². The molecule has 0 heterocycles. The predicted octanol–water partition coefficient (Wildman–Crippen LogP) is 4.82. The Morgan fingerprint density at radius 1 is 1.39 bits per heavy atom. The number of carbonyl (C=O) groups is 1. The number of ether oxygens (including phenoxy) is 1. The minimum absolute atomic E-state index is 0.188. The lowest BCUT2D eigenvalue weighted by Gasteiger charge is -2.14. The van der Waals surface area contributed by atoms with E-state index in [9.17, 15) is 4.79 Å². The molecule has 0 amide bonds. The SMILES string of the molecule is CCCCC(Sc1ccc(Cl)c(Cl)c1)C(=O)OC. The van der Waals surface area contributed by atoms with Gasteiger partial charge in [-0.25, -0.2) is 0 Å². The molecule has 2 nitrogen and oxygen atoms in total. The third-order valence-electron chi connectivity index (χ3n) is 2.45. The molecule has 0 saturated carbocycles. The molecule has 0 fully saturated rings. The van der Waals surface area contributed by atoms with Crippen LogP contribution in [0.25, 0.3) is 0 Å². The highest BCUT2D eigenvalue weighted by Crippen LogP contribution is 2.32. The lowest BCUT2D eigenvalue weighted by Crippen LogP contribution is -2.18. The molecule has 0 spiro atoms. The molecular weight excluding hydrogens is 291 g/mol. The minimum atomic E-state index is -0.195. The molecule has 0 bridgehead atoms. The van der Waals surface area contributed by atoms with E-state index in [1.54, 1.807) is 12.1 Å². The Kier molecular flexibility index (Phi) is 6.90. The average molecular weight is 307 g/mol. The summed E-state index contributed by atoms with van der Waals surface area (Å²) in [5, 5.41) is 0.831. The highest BCUT2D eigenvalue weighted by molar-refractivity contribution is 8.00. The summed E-state index contributed by atoms with van der Waals surface area (Å²) in [7, 11) is 1.41. The molecule has 0 radical (unpaired) electrons. The maximum Gasteiger partial charge on any atom is 0.319 e. The molecule has 0 N–H and O–H groups in total. The fourth-order valence-electron chi connectivity index (χ4n) is 1.46. The van der Waals surface area contributed by atoms with Gasteiger partial charge in [-0.15, -0.1) is 11.8 Å². The number of halogens is 2.